The van der Waals surface area contributed by atoms with Gasteiger partial charge in [0.1, 0.15) is 11.5 Å². The van der Waals surface area contributed by atoms with Gasteiger partial charge >= 0.3 is 5.97 Å². The van der Waals surface area contributed by atoms with Gasteiger partial charge in [0.05, 0.1) is 0 Å². The van der Waals surface area contributed by atoms with E-state index in [1.807, 2.05) is 50.2 Å². The number of hydrogen-bond acceptors (Lipinski definition) is 3. The molecule has 2 rings (SSSR count). The Morgan fingerprint density at radius 2 is 1.52 bits per heavy atom. The summed E-state index contributed by atoms with van der Waals surface area (Å²) in [5, 5.41) is 0. The molecule has 0 unspecified atom stereocenters. The lowest BCUT2D eigenvalue weighted by atomic mass is 9.87. The molecule has 0 amide bonds. The average molecular weight is 312 g/mol. The maximum Gasteiger partial charge on any atom is 0.349 e. The largest absolute Gasteiger partial charge is 0.482 e. The molecule has 0 aromatic heterocycles. The number of ether oxygens (including phenoxy) is 2. The van der Waals surface area contributed by atoms with Crippen LogP contribution in [0.15, 0.2) is 42.5 Å². The Balaban J connectivity index is 1.90. The van der Waals surface area contributed by atoms with Gasteiger partial charge in [-0.15, -0.1) is 0 Å². The monoisotopic (exact) mass is 312 g/mol. The predicted octanol–water partition coefficient (Wildman–Crippen LogP) is 4.59. The van der Waals surface area contributed by atoms with Crippen molar-refractivity contribution < 1.29 is 14.3 Å². The van der Waals surface area contributed by atoms with Crippen molar-refractivity contribution in [3.05, 3.63) is 59.2 Å². The molecule has 3 heteroatoms. The van der Waals surface area contributed by atoms with E-state index >= 15 is 0 Å². The molecule has 122 valence electrons. The van der Waals surface area contributed by atoms with E-state index in [9.17, 15) is 4.79 Å². The van der Waals surface area contributed by atoms with Crippen molar-refractivity contribution >= 4 is 5.97 Å². The van der Waals surface area contributed by atoms with Gasteiger partial charge in [-0.05, 0) is 60.2 Å². The quantitative estimate of drug-likeness (QED) is 0.612. The van der Waals surface area contributed by atoms with Crippen molar-refractivity contribution in [3.8, 4) is 11.5 Å². The average Bonchev–Trinajstić information content (AvgIpc) is 2.48. The topological polar surface area (TPSA) is 35.5 Å². The van der Waals surface area contributed by atoms with E-state index in [2.05, 4.69) is 20.8 Å². The van der Waals surface area contributed by atoms with Crippen molar-refractivity contribution in [2.24, 2.45) is 0 Å². The van der Waals surface area contributed by atoms with Crippen LogP contribution in [0.5, 0.6) is 11.5 Å². The maximum atomic E-state index is 11.9. The fraction of sp³-hybridized carbons (Fsp3) is 0.350. The van der Waals surface area contributed by atoms with Crippen LogP contribution in [0.2, 0.25) is 0 Å². The smallest absolute Gasteiger partial charge is 0.349 e. The van der Waals surface area contributed by atoms with Gasteiger partial charge in [-0.2, -0.15) is 0 Å². The Morgan fingerprint density at radius 3 is 2.09 bits per heavy atom. The second-order valence-electron chi connectivity index (χ2n) is 6.78. The summed E-state index contributed by atoms with van der Waals surface area (Å²) in [6.45, 7) is 10.4. The van der Waals surface area contributed by atoms with Gasteiger partial charge in [0.25, 0.3) is 0 Å². The highest BCUT2D eigenvalue weighted by Crippen LogP contribution is 2.24. The molecular weight excluding hydrogens is 288 g/mol. The van der Waals surface area contributed by atoms with Crippen LogP contribution in [-0.4, -0.2) is 12.6 Å². The van der Waals surface area contributed by atoms with E-state index in [0.29, 0.717) is 11.5 Å². The zero-order chi connectivity index (χ0) is 17.0. The highest BCUT2D eigenvalue weighted by Gasteiger charge is 2.13. The van der Waals surface area contributed by atoms with Crippen LogP contribution in [-0.2, 0) is 10.2 Å². The summed E-state index contributed by atoms with van der Waals surface area (Å²) in [5.41, 5.74) is 3.58. The molecule has 0 radical (unpaired) electrons. The van der Waals surface area contributed by atoms with Crippen LogP contribution in [0.25, 0.3) is 0 Å². The molecule has 0 fully saturated rings. The fourth-order valence-corrected chi connectivity index (χ4v) is 2.13. The van der Waals surface area contributed by atoms with Crippen molar-refractivity contribution in [2.45, 2.75) is 40.0 Å². The molecule has 0 saturated carbocycles. The molecule has 3 nitrogen and oxygen atoms in total. The van der Waals surface area contributed by atoms with Gasteiger partial charge in [-0.25, -0.2) is 4.79 Å². The molecule has 0 atom stereocenters. The number of hydrogen-bond donors (Lipinski definition) is 0. The number of esters is 1. The Morgan fingerprint density at radius 1 is 0.913 bits per heavy atom. The van der Waals surface area contributed by atoms with E-state index in [4.69, 9.17) is 9.47 Å². The first-order valence-corrected chi connectivity index (χ1v) is 7.77. The number of carbonyl (C=O) groups excluding carboxylic acids is 1. The third-order valence-electron chi connectivity index (χ3n) is 3.79. The Labute approximate surface area is 138 Å². The molecule has 2 aromatic rings. The van der Waals surface area contributed by atoms with Crippen molar-refractivity contribution in [1.29, 1.82) is 0 Å². The maximum absolute atomic E-state index is 11.9. The molecule has 0 aliphatic carbocycles. The highest BCUT2D eigenvalue weighted by molar-refractivity contribution is 5.74. The third kappa shape index (κ3) is 4.85. The van der Waals surface area contributed by atoms with Crippen molar-refractivity contribution in [1.82, 2.24) is 0 Å². The molecule has 0 heterocycles. The number of carbonyl (C=O) groups is 1. The first kappa shape index (κ1) is 17.1. The van der Waals surface area contributed by atoms with Gasteiger partial charge in [0.15, 0.2) is 6.61 Å². The summed E-state index contributed by atoms with van der Waals surface area (Å²) in [4.78, 5) is 11.9. The molecule has 0 aliphatic heterocycles. The zero-order valence-corrected chi connectivity index (χ0v) is 14.5. The van der Waals surface area contributed by atoms with E-state index in [1.165, 1.54) is 11.1 Å². The minimum atomic E-state index is -0.409. The Kier molecular flexibility index (Phi) is 5.09. The van der Waals surface area contributed by atoms with E-state index in [-0.39, 0.29) is 12.0 Å². The van der Waals surface area contributed by atoms with Gasteiger partial charge in [0, 0.05) is 0 Å². The van der Waals surface area contributed by atoms with Crippen molar-refractivity contribution in [3.63, 3.8) is 0 Å². The summed E-state index contributed by atoms with van der Waals surface area (Å²) in [6, 6.07) is 13.4. The van der Waals surface area contributed by atoms with Gasteiger partial charge in [-0.3, -0.25) is 0 Å². The van der Waals surface area contributed by atoms with Crippen LogP contribution in [0.1, 0.15) is 37.5 Å². The van der Waals surface area contributed by atoms with E-state index < -0.39 is 5.97 Å². The Bertz CT molecular complexity index is 679. The summed E-state index contributed by atoms with van der Waals surface area (Å²) in [7, 11) is 0. The third-order valence-corrected chi connectivity index (χ3v) is 3.79. The second-order valence-corrected chi connectivity index (χ2v) is 6.78. The number of benzene rings is 2. The van der Waals surface area contributed by atoms with E-state index in [1.54, 1.807) is 6.07 Å². The first-order valence-electron chi connectivity index (χ1n) is 7.77. The molecular formula is C20H24O3. The van der Waals surface area contributed by atoms with Crippen molar-refractivity contribution in [2.75, 3.05) is 6.61 Å². The van der Waals surface area contributed by atoms with Gasteiger partial charge in [0.2, 0.25) is 0 Å². The van der Waals surface area contributed by atoms with Crippen LogP contribution in [0, 0.1) is 13.8 Å². The molecule has 0 aliphatic rings. The van der Waals surface area contributed by atoms with Crippen LogP contribution in [0.4, 0.5) is 0 Å². The zero-order valence-electron chi connectivity index (χ0n) is 14.5. The first-order chi connectivity index (χ1) is 10.8. The lowest BCUT2D eigenvalue weighted by Gasteiger charge is -2.19. The van der Waals surface area contributed by atoms with E-state index in [0.717, 1.165) is 5.56 Å². The van der Waals surface area contributed by atoms with Crippen LogP contribution < -0.4 is 9.47 Å². The SMILES string of the molecule is Cc1ccc(OC(=O)COc2ccc(C(C)(C)C)cc2)cc1C. The summed E-state index contributed by atoms with van der Waals surface area (Å²) in [6.07, 6.45) is 0. The predicted molar refractivity (Wildman–Crippen MR) is 92.2 cm³/mol. The summed E-state index contributed by atoms with van der Waals surface area (Å²) >= 11 is 0. The van der Waals surface area contributed by atoms with Crippen LogP contribution >= 0.6 is 0 Å². The molecule has 0 saturated heterocycles. The minimum absolute atomic E-state index is 0.0980. The number of rotatable bonds is 4. The Hall–Kier alpha value is -2.29. The lowest BCUT2D eigenvalue weighted by molar-refractivity contribution is -0.136. The molecule has 0 N–H and O–H groups in total. The van der Waals surface area contributed by atoms with Gasteiger partial charge in [-0.1, -0.05) is 39.0 Å². The minimum Gasteiger partial charge on any atom is -0.482 e. The van der Waals surface area contributed by atoms with Crippen LogP contribution in [0.3, 0.4) is 0 Å². The molecule has 23 heavy (non-hydrogen) atoms. The molecule has 2 aromatic carbocycles. The molecule has 0 bridgehead atoms. The van der Waals surface area contributed by atoms with Gasteiger partial charge < -0.3 is 9.47 Å². The fourth-order valence-electron chi connectivity index (χ4n) is 2.13. The molecule has 0 spiro atoms. The second kappa shape index (κ2) is 6.86. The summed E-state index contributed by atoms with van der Waals surface area (Å²) in [5.74, 6) is 0.799. The number of aryl methyl sites for hydroxylation is 2. The lowest BCUT2D eigenvalue weighted by Crippen LogP contribution is -2.18. The highest BCUT2D eigenvalue weighted by atomic mass is 16.6. The normalized spacial score (nSPS) is 11.2. The summed E-state index contributed by atoms with van der Waals surface area (Å²) < 4.78 is 10.8. The standard InChI is InChI=1S/C20H24O3/c1-14-6-9-18(12-15(14)2)23-19(21)13-22-17-10-7-16(8-11-17)20(3,4)5/h6-12H,13H2,1-5H3.